The number of carbonyl (C=O) groups excluding carboxylic acids is 1. The van der Waals surface area contributed by atoms with Crippen molar-refractivity contribution in [2.45, 2.75) is 6.92 Å². The number of anilines is 1. The summed E-state index contributed by atoms with van der Waals surface area (Å²) in [4.78, 5) is 23.5. The summed E-state index contributed by atoms with van der Waals surface area (Å²) < 4.78 is 0.948. The fourth-order valence-corrected chi connectivity index (χ4v) is 5.29. The quantitative estimate of drug-likeness (QED) is 0.339. The Hall–Kier alpha value is -2.80. The maximum atomic E-state index is 13.2. The van der Waals surface area contributed by atoms with Gasteiger partial charge in [0.2, 0.25) is 0 Å². The molecule has 0 saturated heterocycles. The number of nitrogens with one attached hydrogen (secondary N) is 1. The summed E-state index contributed by atoms with van der Waals surface area (Å²) in [5, 5.41) is 6.99. The van der Waals surface area contributed by atoms with Gasteiger partial charge in [-0.05, 0) is 48.2 Å². The van der Waals surface area contributed by atoms with E-state index in [1.165, 1.54) is 11.3 Å². The Morgan fingerprint density at radius 2 is 1.93 bits per heavy atom. The van der Waals surface area contributed by atoms with E-state index in [1.54, 1.807) is 11.3 Å². The first kappa shape index (κ1) is 18.2. The van der Waals surface area contributed by atoms with E-state index >= 15 is 0 Å². The highest BCUT2D eigenvalue weighted by molar-refractivity contribution is 7.22. The highest BCUT2D eigenvalue weighted by atomic mass is 35.5. The molecule has 0 aliphatic heterocycles. The summed E-state index contributed by atoms with van der Waals surface area (Å²) in [6.07, 6.45) is 0. The number of aromatic nitrogens is 2. The maximum absolute atomic E-state index is 13.2. The summed E-state index contributed by atoms with van der Waals surface area (Å²) >= 11 is 9.16. The number of carbonyl (C=O) groups is 1. The molecule has 0 aliphatic carbocycles. The van der Waals surface area contributed by atoms with Crippen molar-refractivity contribution in [1.29, 1.82) is 0 Å². The number of hydrogen-bond acceptors (Lipinski definition) is 5. The molecule has 1 amide bonds. The first-order chi connectivity index (χ1) is 14.1. The molecule has 2 aromatic carbocycles. The van der Waals surface area contributed by atoms with Crippen molar-refractivity contribution in [1.82, 2.24) is 9.97 Å². The van der Waals surface area contributed by atoms with Crippen LogP contribution in [-0.4, -0.2) is 15.9 Å². The number of aryl methyl sites for hydroxylation is 1. The molecule has 3 aromatic heterocycles. The standard InChI is InChI=1S/C22H14ClN3OS2/c1-12-9-13(23)10-19-20(12)25-22(29-19)26-21(27)15-11-17(18-7-4-8-28-18)24-16-6-3-2-5-14(15)16/h2-11H,1H3,(H,25,26,27). The molecule has 5 aromatic rings. The summed E-state index contributed by atoms with van der Waals surface area (Å²) in [5.41, 5.74) is 3.99. The Labute approximate surface area is 179 Å². The van der Waals surface area contributed by atoms with Crippen molar-refractivity contribution in [2.24, 2.45) is 0 Å². The molecule has 5 rings (SSSR count). The Morgan fingerprint density at radius 1 is 1.07 bits per heavy atom. The number of pyridine rings is 1. The first-order valence-corrected chi connectivity index (χ1v) is 11.0. The van der Waals surface area contributed by atoms with E-state index in [0.717, 1.165) is 37.3 Å². The van der Waals surface area contributed by atoms with Gasteiger partial charge in [0.15, 0.2) is 5.13 Å². The lowest BCUT2D eigenvalue weighted by Crippen LogP contribution is -2.12. The highest BCUT2D eigenvalue weighted by Gasteiger charge is 2.16. The van der Waals surface area contributed by atoms with E-state index in [4.69, 9.17) is 16.6 Å². The number of halogens is 1. The lowest BCUT2D eigenvalue weighted by molar-refractivity contribution is 0.102. The molecular weight excluding hydrogens is 422 g/mol. The minimum absolute atomic E-state index is 0.204. The second kappa shape index (κ2) is 7.22. The molecule has 4 nitrogen and oxygen atoms in total. The van der Waals surface area contributed by atoms with Gasteiger partial charge in [0.25, 0.3) is 5.91 Å². The van der Waals surface area contributed by atoms with Gasteiger partial charge in [0.05, 0.1) is 31.9 Å². The van der Waals surface area contributed by atoms with Gasteiger partial charge in [-0.1, -0.05) is 47.2 Å². The number of rotatable bonds is 3. The van der Waals surface area contributed by atoms with Crippen LogP contribution < -0.4 is 5.32 Å². The van der Waals surface area contributed by atoms with Gasteiger partial charge in [-0.15, -0.1) is 11.3 Å². The summed E-state index contributed by atoms with van der Waals surface area (Å²) in [7, 11) is 0. The highest BCUT2D eigenvalue weighted by Crippen LogP contribution is 2.32. The van der Waals surface area contributed by atoms with Gasteiger partial charge >= 0.3 is 0 Å². The fraction of sp³-hybridized carbons (Fsp3) is 0.0455. The molecule has 0 spiro atoms. The van der Waals surface area contributed by atoms with Gasteiger partial charge in [0.1, 0.15) is 0 Å². The van der Waals surface area contributed by atoms with Gasteiger partial charge in [-0.3, -0.25) is 10.1 Å². The summed E-state index contributed by atoms with van der Waals surface area (Å²) in [5.74, 6) is -0.204. The van der Waals surface area contributed by atoms with Crippen LogP contribution in [0.2, 0.25) is 5.02 Å². The van der Waals surface area contributed by atoms with Gasteiger partial charge in [-0.2, -0.15) is 0 Å². The summed E-state index contributed by atoms with van der Waals surface area (Å²) in [6, 6.07) is 17.2. The zero-order valence-electron chi connectivity index (χ0n) is 15.3. The maximum Gasteiger partial charge on any atom is 0.258 e. The third kappa shape index (κ3) is 3.40. The van der Waals surface area contributed by atoms with Gasteiger partial charge < -0.3 is 0 Å². The van der Waals surface area contributed by atoms with Crippen LogP contribution in [-0.2, 0) is 0 Å². The number of fused-ring (bicyclic) bond motifs is 2. The second-order valence-electron chi connectivity index (χ2n) is 6.59. The van der Waals surface area contributed by atoms with E-state index in [9.17, 15) is 4.79 Å². The molecule has 7 heteroatoms. The predicted molar refractivity (Wildman–Crippen MR) is 122 cm³/mol. The number of hydrogen-bond donors (Lipinski definition) is 1. The van der Waals surface area contributed by atoms with Crippen molar-refractivity contribution >= 4 is 66.4 Å². The van der Waals surface area contributed by atoms with Crippen LogP contribution in [0.3, 0.4) is 0 Å². The molecule has 1 N–H and O–H groups in total. The van der Waals surface area contributed by atoms with Crippen LogP contribution in [0.25, 0.3) is 31.7 Å². The number of thiophene rings is 1. The molecule has 0 bridgehead atoms. The molecule has 29 heavy (non-hydrogen) atoms. The normalized spacial score (nSPS) is 11.2. The monoisotopic (exact) mass is 435 g/mol. The predicted octanol–water partition coefficient (Wildman–Crippen LogP) is 6.79. The number of nitrogens with zero attached hydrogens (tertiary/aromatic N) is 2. The van der Waals surface area contributed by atoms with E-state index in [1.807, 2.05) is 66.9 Å². The Bertz CT molecular complexity index is 1380. The van der Waals surface area contributed by atoms with Crippen LogP contribution in [0.1, 0.15) is 15.9 Å². The number of benzene rings is 2. The zero-order valence-corrected chi connectivity index (χ0v) is 17.7. The van der Waals surface area contributed by atoms with E-state index in [0.29, 0.717) is 15.7 Å². The van der Waals surface area contributed by atoms with Crippen LogP contribution in [0, 0.1) is 6.92 Å². The largest absolute Gasteiger partial charge is 0.298 e. The van der Waals surface area contributed by atoms with Crippen molar-refractivity contribution in [3.05, 3.63) is 76.1 Å². The minimum atomic E-state index is -0.204. The fourth-order valence-electron chi connectivity index (χ4n) is 3.29. The average molecular weight is 436 g/mol. The molecule has 0 radical (unpaired) electrons. The van der Waals surface area contributed by atoms with Crippen molar-refractivity contribution in [2.75, 3.05) is 5.32 Å². The average Bonchev–Trinajstić information content (AvgIpc) is 3.37. The molecule has 142 valence electrons. The summed E-state index contributed by atoms with van der Waals surface area (Å²) in [6.45, 7) is 1.96. The number of amides is 1. The lowest BCUT2D eigenvalue weighted by atomic mass is 10.1. The molecular formula is C22H14ClN3OS2. The van der Waals surface area contributed by atoms with Crippen molar-refractivity contribution in [3.8, 4) is 10.6 Å². The van der Waals surface area contributed by atoms with E-state index < -0.39 is 0 Å². The van der Waals surface area contributed by atoms with Crippen molar-refractivity contribution < 1.29 is 4.79 Å². The SMILES string of the molecule is Cc1cc(Cl)cc2sc(NC(=O)c3cc(-c4cccs4)nc4ccccc34)nc12. The Balaban J connectivity index is 1.58. The number of thiazole rings is 1. The van der Waals surface area contributed by atoms with Crippen LogP contribution in [0.15, 0.2) is 60.0 Å². The molecule has 0 unspecified atom stereocenters. The Morgan fingerprint density at radius 3 is 2.76 bits per heavy atom. The van der Waals surface area contributed by atoms with E-state index in [-0.39, 0.29) is 5.91 Å². The number of para-hydroxylation sites is 1. The van der Waals surface area contributed by atoms with Crippen LogP contribution >= 0.6 is 34.3 Å². The first-order valence-electron chi connectivity index (χ1n) is 8.90. The molecule has 0 saturated carbocycles. The molecule has 0 fully saturated rings. The third-order valence-corrected chi connectivity index (χ3v) is 6.63. The van der Waals surface area contributed by atoms with E-state index in [2.05, 4.69) is 10.3 Å². The Kier molecular flexibility index (Phi) is 4.54. The van der Waals surface area contributed by atoms with Crippen LogP contribution in [0.5, 0.6) is 0 Å². The lowest BCUT2D eigenvalue weighted by Gasteiger charge is -2.08. The molecule has 0 aliphatic rings. The third-order valence-electron chi connectivity index (χ3n) is 4.61. The topological polar surface area (TPSA) is 54.9 Å². The van der Waals surface area contributed by atoms with Gasteiger partial charge in [0, 0.05) is 10.4 Å². The molecule has 3 heterocycles. The van der Waals surface area contributed by atoms with Gasteiger partial charge in [-0.25, -0.2) is 9.97 Å². The zero-order chi connectivity index (χ0) is 20.0. The van der Waals surface area contributed by atoms with Crippen LogP contribution in [0.4, 0.5) is 5.13 Å². The molecule has 0 atom stereocenters. The second-order valence-corrected chi connectivity index (χ2v) is 9.01. The smallest absolute Gasteiger partial charge is 0.258 e. The van der Waals surface area contributed by atoms with Crippen molar-refractivity contribution in [3.63, 3.8) is 0 Å². The minimum Gasteiger partial charge on any atom is -0.298 e.